The molecule has 20 heavy (non-hydrogen) atoms. The quantitative estimate of drug-likeness (QED) is 0.928. The smallest absolute Gasteiger partial charge is 0.253 e. The van der Waals surface area contributed by atoms with Gasteiger partial charge in [-0.3, -0.25) is 9.78 Å². The molecule has 0 saturated heterocycles. The summed E-state index contributed by atoms with van der Waals surface area (Å²) < 4.78 is 5.20. The Morgan fingerprint density at radius 1 is 1.40 bits per heavy atom. The van der Waals surface area contributed by atoms with Crippen LogP contribution in [0.4, 0.5) is 0 Å². The van der Waals surface area contributed by atoms with E-state index in [0.717, 1.165) is 0 Å². The van der Waals surface area contributed by atoms with Gasteiger partial charge in [0.1, 0.15) is 6.04 Å². The Morgan fingerprint density at radius 3 is 2.70 bits per heavy atom. The van der Waals surface area contributed by atoms with Crippen LogP contribution in [0.3, 0.4) is 0 Å². The molecule has 6 nitrogen and oxygen atoms in total. The van der Waals surface area contributed by atoms with E-state index in [2.05, 4.69) is 20.4 Å². The van der Waals surface area contributed by atoms with Crippen molar-refractivity contribution in [2.45, 2.75) is 39.2 Å². The average Bonchev–Trinajstić information content (AvgIpc) is 2.89. The standard InChI is InChI=1S/C14H18N4O2/c1-9(12-17-13(18-20-12)14(2,3)4)16-11(19)10-6-5-7-15-8-10/h5-9H,1-4H3,(H,16,19)/t9-/m1/s1. The monoisotopic (exact) mass is 274 g/mol. The van der Waals surface area contributed by atoms with E-state index in [1.54, 1.807) is 25.3 Å². The topological polar surface area (TPSA) is 80.9 Å². The van der Waals surface area contributed by atoms with Crippen molar-refractivity contribution in [3.63, 3.8) is 0 Å². The van der Waals surface area contributed by atoms with Gasteiger partial charge in [-0.2, -0.15) is 4.98 Å². The van der Waals surface area contributed by atoms with Crippen LogP contribution in [0.5, 0.6) is 0 Å². The number of hydrogen-bond donors (Lipinski definition) is 1. The summed E-state index contributed by atoms with van der Waals surface area (Å²) in [5.41, 5.74) is 0.310. The van der Waals surface area contributed by atoms with Gasteiger partial charge in [0.2, 0.25) is 5.89 Å². The van der Waals surface area contributed by atoms with E-state index in [1.807, 2.05) is 20.8 Å². The maximum atomic E-state index is 12.0. The summed E-state index contributed by atoms with van der Waals surface area (Å²) in [7, 11) is 0. The van der Waals surface area contributed by atoms with Gasteiger partial charge in [-0.05, 0) is 19.1 Å². The fraction of sp³-hybridized carbons (Fsp3) is 0.429. The first-order valence-corrected chi connectivity index (χ1v) is 6.43. The van der Waals surface area contributed by atoms with E-state index in [1.165, 1.54) is 6.20 Å². The van der Waals surface area contributed by atoms with Gasteiger partial charge in [-0.15, -0.1) is 0 Å². The zero-order chi connectivity index (χ0) is 14.8. The Kier molecular flexibility index (Phi) is 3.83. The van der Waals surface area contributed by atoms with Crippen molar-refractivity contribution in [3.8, 4) is 0 Å². The number of amides is 1. The van der Waals surface area contributed by atoms with E-state index in [4.69, 9.17) is 4.52 Å². The van der Waals surface area contributed by atoms with Gasteiger partial charge in [0.05, 0.1) is 5.56 Å². The summed E-state index contributed by atoms with van der Waals surface area (Å²) in [5, 5.41) is 6.74. The lowest BCUT2D eigenvalue weighted by atomic mass is 9.96. The second-order valence-electron chi connectivity index (χ2n) is 5.64. The molecule has 0 unspecified atom stereocenters. The van der Waals surface area contributed by atoms with E-state index in [0.29, 0.717) is 17.3 Å². The normalized spacial score (nSPS) is 13.0. The van der Waals surface area contributed by atoms with E-state index in [-0.39, 0.29) is 17.4 Å². The molecule has 0 spiro atoms. The first-order valence-electron chi connectivity index (χ1n) is 6.43. The molecule has 2 aromatic heterocycles. The predicted molar refractivity (Wildman–Crippen MR) is 73.1 cm³/mol. The third-order valence-electron chi connectivity index (χ3n) is 2.75. The van der Waals surface area contributed by atoms with Gasteiger partial charge >= 0.3 is 0 Å². The highest BCUT2D eigenvalue weighted by molar-refractivity contribution is 5.93. The van der Waals surface area contributed by atoms with Crippen molar-refractivity contribution < 1.29 is 9.32 Å². The van der Waals surface area contributed by atoms with Crippen molar-refractivity contribution in [2.24, 2.45) is 0 Å². The molecule has 0 aliphatic carbocycles. The first-order chi connectivity index (χ1) is 9.38. The fourth-order valence-electron chi connectivity index (χ4n) is 1.55. The minimum atomic E-state index is -0.355. The number of pyridine rings is 1. The summed E-state index contributed by atoms with van der Waals surface area (Å²) in [6, 6.07) is 3.05. The summed E-state index contributed by atoms with van der Waals surface area (Å²) in [6.45, 7) is 7.80. The predicted octanol–water partition coefficient (Wildman–Crippen LogP) is 2.25. The average molecular weight is 274 g/mol. The van der Waals surface area contributed by atoms with Crippen LogP contribution in [0.25, 0.3) is 0 Å². The minimum Gasteiger partial charge on any atom is -0.340 e. The number of nitrogens with one attached hydrogen (secondary N) is 1. The molecule has 0 aliphatic rings. The molecule has 1 amide bonds. The van der Waals surface area contributed by atoms with Crippen LogP contribution in [0, 0.1) is 0 Å². The molecular formula is C14H18N4O2. The molecule has 1 N–H and O–H groups in total. The van der Waals surface area contributed by atoms with Crippen LogP contribution in [0.15, 0.2) is 29.0 Å². The number of nitrogens with zero attached hydrogens (tertiary/aromatic N) is 3. The highest BCUT2D eigenvalue weighted by atomic mass is 16.5. The molecule has 0 fully saturated rings. The molecule has 0 aromatic carbocycles. The molecule has 106 valence electrons. The van der Waals surface area contributed by atoms with Crippen molar-refractivity contribution in [3.05, 3.63) is 41.8 Å². The Balaban J connectivity index is 2.07. The third kappa shape index (κ3) is 3.20. The molecule has 0 aliphatic heterocycles. The largest absolute Gasteiger partial charge is 0.340 e. The van der Waals surface area contributed by atoms with Crippen molar-refractivity contribution in [1.82, 2.24) is 20.4 Å². The van der Waals surface area contributed by atoms with Crippen LogP contribution in [-0.4, -0.2) is 21.0 Å². The fourth-order valence-corrected chi connectivity index (χ4v) is 1.55. The second-order valence-corrected chi connectivity index (χ2v) is 5.64. The molecule has 2 heterocycles. The second kappa shape index (κ2) is 5.40. The summed E-state index contributed by atoms with van der Waals surface area (Å²) >= 11 is 0. The van der Waals surface area contributed by atoms with Gasteiger partial charge in [-0.1, -0.05) is 25.9 Å². The van der Waals surface area contributed by atoms with Gasteiger partial charge in [0.15, 0.2) is 5.82 Å². The molecule has 0 radical (unpaired) electrons. The molecule has 2 aromatic rings. The lowest BCUT2D eigenvalue weighted by molar-refractivity contribution is 0.0932. The number of carbonyl (C=O) groups is 1. The van der Waals surface area contributed by atoms with Gasteiger partial charge in [0.25, 0.3) is 5.91 Å². The maximum absolute atomic E-state index is 12.0. The molecule has 6 heteroatoms. The highest BCUT2D eigenvalue weighted by Gasteiger charge is 2.23. The Hall–Kier alpha value is -2.24. The summed E-state index contributed by atoms with van der Waals surface area (Å²) in [4.78, 5) is 20.2. The van der Waals surface area contributed by atoms with Gasteiger partial charge < -0.3 is 9.84 Å². The van der Waals surface area contributed by atoms with Crippen molar-refractivity contribution in [2.75, 3.05) is 0 Å². The van der Waals surface area contributed by atoms with Gasteiger partial charge in [-0.25, -0.2) is 0 Å². The Morgan fingerprint density at radius 2 is 2.15 bits per heavy atom. The van der Waals surface area contributed by atoms with E-state index in [9.17, 15) is 4.79 Å². The molecule has 1 atom stereocenters. The molecule has 0 saturated carbocycles. The van der Waals surface area contributed by atoms with Gasteiger partial charge in [0, 0.05) is 17.8 Å². The number of carbonyl (C=O) groups excluding carboxylic acids is 1. The summed E-state index contributed by atoms with van der Waals surface area (Å²) in [6.07, 6.45) is 3.13. The number of rotatable bonds is 3. The van der Waals surface area contributed by atoms with Crippen molar-refractivity contribution in [1.29, 1.82) is 0 Å². The zero-order valence-electron chi connectivity index (χ0n) is 12.0. The number of hydrogen-bond acceptors (Lipinski definition) is 5. The minimum absolute atomic E-state index is 0.186. The third-order valence-corrected chi connectivity index (χ3v) is 2.75. The lowest BCUT2D eigenvalue weighted by Gasteiger charge is -2.12. The first kappa shape index (κ1) is 14.2. The van der Waals surface area contributed by atoms with Crippen LogP contribution in [0.1, 0.15) is 55.8 Å². The Bertz CT molecular complexity index is 587. The van der Waals surface area contributed by atoms with E-state index < -0.39 is 0 Å². The van der Waals surface area contributed by atoms with Crippen LogP contribution < -0.4 is 5.32 Å². The Labute approximate surface area is 117 Å². The number of aromatic nitrogens is 3. The van der Waals surface area contributed by atoms with Crippen LogP contribution in [0.2, 0.25) is 0 Å². The SMILES string of the molecule is C[C@@H](NC(=O)c1cccnc1)c1nc(C(C)(C)C)no1. The van der Waals surface area contributed by atoms with Crippen LogP contribution >= 0.6 is 0 Å². The van der Waals surface area contributed by atoms with Crippen LogP contribution in [-0.2, 0) is 5.41 Å². The van der Waals surface area contributed by atoms with Crippen molar-refractivity contribution >= 4 is 5.91 Å². The molecule has 2 rings (SSSR count). The molecule has 0 bridgehead atoms. The zero-order valence-corrected chi connectivity index (χ0v) is 12.0. The molecular weight excluding hydrogens is 256 g/mol. The lowest BCUT2D eigenvalue weighted by Crippen LogP contribution is -2.27. The maximum Gasteiger partial charge on any atom is 0.253 e. The summed E-state index contributed by atoms with van der Waals surface area (Å²) in [5.74, 6) is 0.795. The highest BCUT2D eigenvalue weighted by Crippen LogP contribution is 2.20. The van der Waals surface area contributed by atoms with E-state index >= 15 is 0 Å².